The smallest absolute Gasteiger partial charge is 0.328 e. The first kappa shape index (κ1) is 38.1. The van der Waals surface area contributed by atoms with Crippen LogP contribution < -0.4 is 5.32 Å². The molecule has 45 heavy (non-hydrogen) atoms. The van der Waals surface area contributed by atoms with E-state index in [1.165, 1.54) is 6.08 Å². The Morgan fingerprint density at radius 1 is 1.02 bits per heavy atom. The minimum atomic E-state index is -1.84. The van der Waals surface area contributed by atoms with Crippen molar-refractivity contribution in [3.05, 3.63) is 84.6 Å². The molecule has 2 fully saturated rings. The van der Waals surface area contributed by atoms with Gasteiger partial charge in [-0.2, -0.15) is 0 Å². The Kier molecular flexibility index (Phi) is 14.8. The van der Waals surface area contributed by atoms with Gasteiger partial charge in [0.05, 0.1) is 36.4 Å². The van der Waals surface area contributed by atoms with Crippen molar-refractivity contribution in [1.29, 1.82) is 0 Å². The molecule has 2 heterocycles. The Balaban J connectivity index is 1.89. The normalized spacial score (nSPS) is 31.6. The number of carbonyl (C=O) groups excluding carboxylic acids is 1. The fourth-order valence-electron chi connectivity index (χ4n) is 5.19. The molecule has 0 bridgehead atoms. The van der Waals surface area contributed by atoms with Gasteiger partial charge in [-0.15, -0.1) is 0 Å². The zero-order valence-electron chi connectivity index (χ0n) is 27.1. The molecular weight excluding hydrogens is 578 g/mol. The van der Waals surface area contributed by atoms with Gasteiger partial charge in [-0.25, -0.2) is 4.79 Å². The topological polar surface area (TPSA) is 166 Å². The summed E-state index contributed by atoms with van der Waals surface area (Å²) in [7, 11) is 0. The predicted octanol–water partition coefficient (Wildman–Crippen LogP) is 3.51. The summed E-state index contributed by atoms with van der Waals surface area (Å²) in [6.45, 7) is 11.0. The van der Waals surface area contributed by atoms with Crippen molar-refractivity contribution in [1.82, 2.24) is 5.32 Å². The number of allylic oxidation sites excluding steroid dienone is 9. The zero-order valence-corrected chi connectivity index (χ0v) is 27.1. The van der Waals surface area contributed by atoms with Gasteiger partial charge < -0.3 is 40.3 Å². The molecule has 0 radical (unpaired) electrons. The number of carboxylic acid groups (broad SMARTS) is 1. The lowest BCUT2D eigenvalue weighted by Crippen LogP contribution is -2.60. The van der Waals surface area contributed by atoms with E-state index in [4.69, 9.17) is 14.6 Å². The van der Waals surface area contributed by atoms with E-state index in [1.54, 1.807) is 68.5 Å². The summed E-state index contributed by atoms with van der Waals surface area (Å²) >= 11 is 0. The van der Waals surface area contributed by atoms with Crippen molar-refractivity contribution in [3.8, 4) is 0 Å². The minimum absolute atomic E-state index is 0.0988. The maximum atomic E-state index is 12.9. The number of amides is 1. The summed E-state index contributed by atoms with van der Waals surface area (Å²) in [6.07, 6.45) is 17.7. The molecular formula is C35H51NO9. The van der Waals surface area contributed by atoms with E-state index >= 15 is 0 Å². The van der Waals surface area contributed by atoms with Crippen LogP contribution in [-0.2, 0) is 19.1 Å². The Morgan fingerprint density at radius 2 is 1.69 bits per heavy atom. The Bertz CT molecular complexity index is 1200. The third-order valence-electron chi connectivity index (χ3n) is 8.57. The van der Waals surface area contributed by atoms with Crippen LogP contribution in [0.15, 0.2) is 84.6 Å². The number of rotatable bonds is 14. The molecule has 10 nitrogen and oxygen atoms in total. The monoisotopic (exact) mass is 629 g/mol. The van der Waals surface area contributed by atoms with Gasteiger partial charge in [-0.05, 0) is 26.3 Å². The number of aliphatic hydroxyl groups excluding tert-OH is 3. The highest BCUT2D eigenvalue weighted by atomic mass is 16.6. The molecule has 10 heteroatoms. The van der Waals surface area contributed by atoms with Crippen molar-refractivity contribution >= 4 is 11.9 Å². The molecule has 0 aliphatic carbocycles. The minimum Gasteiger partial charge on any atom is -0.478 e. The summed E-state index contributed by atoms with van der Waals surface area (Å²) in [6, 6.07) is 0. The average molecular weight is 630 g/mol. The van der Waals surface area contributed by atoms with E-state index in [9.17, 15) is 30.0 Å². The van der Waals surface area contributed by atoms with Crippen LogP contribution in [0.5, 0.6) is 0 Å². The second-order valence-corrected chi connectivity index (χ2v) is 12.4. The molecule has 0 saturated carbocycles. The number of ether oxygens (including phenoxy) is 2. The molecule has 1 amide bonds. The molecule has 9 atom stereocenters. The highest BCUT2D eigenvalue weighted by Gasteiger charge is 2.53. The number of carbonyl (C=O) groups is 2. The van der Waals surface area contributed by atoms with Crippen molar-refractivity contribution in [2.75, 3.05) is 6.54 Å². The second-order valence-electron chi connectivity index (χ2n) is 12.4. The number of aliphatic carboxylic acids is 1. The van der Waals surface area contributed by atoms with Gasteiger partial charge >= 0.3 is 5.97 Å². The highest BCUT2D eigenvalue weighted by Crippen LogP contribution is 2.43. The van der Waals surface area contributed by atoms with E-state index in [0.29, 0.717) is 12.0 Å². The third kappa shape index (κ3) is 11.0. The number of hydrogen-bond acceptors (Lipinski definition) is 8. The number of nitrogens with one attached hydrogen (secondary N) is 1. The van der Waals surface area contributed by atoms with E-state index in [2.05, 4.69) is 5.32 Å². The molecule has 250 valence electrons. The molecule has 2 aliphatic heterocycles. The molecule has 2 aliphatic rings. The second kappa shape index (κ2) is 17.5. The van der Waals surface area contributed by atoms with Gasteiger partial charge in [-0.3, -0.25) is 4.79 Å². The molecule has 5 unspecified atom stereocenters. The summed E-state index contributed by atoms with van der Waals surface area (Å²) in [5.41, 5.74) is 0.0289. The van der Waals surface area contributed by atoms with E-state index in [0.717, 1.165) is 6.08 Å². The maximum absolute atomic E-state index is 12.9. The molecule has 0 aromatic heterocycles. The summed E-state index contributed by atoms with van der Waals surface area (Å²) in [4.78, 5) is 23.4. The molecule has 0 aromatic rings. The standard InChI is InChI=1S/C35H51NO9/c1-7-8-11-18-30-34(5,6)29(38)22-35(43,45-30)25(4)33(42)36-20-15-14-16-23(2)32(41)24(3)28-21-26(37)27(44-28)17-12-9-10-13-19-31(39)40/h7-19,24-30,32,37-38,41,43H,20-22H2,1-6H3,(H,36,42)(H,39,40)/b8-7-,10-9+,15-14+,17-12+,18-11+,19-13+,23-16+/t24?,25-,26?,27?,28?,29+,30+,32?,35+/m1/s1. The zero-order chi connectivity index (χ0) is 33.8. The third-order valence-corrected chi connectivity index (χ3v) is 8.57. The lowest BCUT2D eigenvalue weighted by molar-refractivity contribution is -0.312. The SMILES string of the molecule is C/C=C\C=C\[C@@H]1O[C@](O)([C@H](C)C(=O)NC/C=C/C=C(\C)C(O)C(C)C2CC(O)C(/C=C/C=C/C=C/C(=O)O)O2)C[C@H](O)C1(C)C. The fourth-order valence-corrected chi connectivity index (χ4v) is 5.19. The molecule has 2 saturated heterocycles. The van der Waals surface area contributed by atoms with Crippen LogP contribution in [0.4, 0.5) is 0 Å². The van der Waals surface area contributed by atoms with Gasteiger partial charge in [-0.1, -0.05) is 93.7 Å². The first-order valence-corrected chi connectivity index (χ1v) is 15.4. The Morgan fingerprint density at radius 3 is 2.36 bits per heavy atom. The van der Waals surface area contributed by atoms with E-state index in [1.807, 2.05) is 39.8 Å². The van der Waals surface area contributed by atoms with Crippen LogP contribution in [0.1, 0.15) is 54.4 Å². The molecule has 6 N–H and O–H groups in total. The van der Waals surface area contributed by atoms with Crippen molar-refractivity contribution in [2.45, 2.75) is 96.8 Å². The maximum Gasteiger partial charge on any atom is 0.328 e. The Labute approximate surface area is 266 Å². The number of hydrogen-bond donors (Lipinski definition) is 6. The van der Waals surface area contributed by atoms with Gasteiger partial charge in [0.25, 0.3) is 0 Å². The van der Waals surface area contributed by atoms with Gasteiger partial charge in [0.15, 0.2) is 5.79 Å². The summed E-state index contributed by atoms with van der Waals surface area (Å²) in [5, 5.41) is 54.7. The lowest BCUT2D eigenvalue weighted by Gasteiger charge is -2.50. The van der Waals surface area contributed by atoms with Crippen LogP contribution in [-0.4, -0.2) is 86.4 Å². The highest BCUT2D eigenvalue weighted by molar-refractivity contribution is 5.80. The largest absolute Gasteiger partial charge is 0.478 e. The quantitative estimate of drug-likeness (QED) is 0.125. The fraction of sp³-hybridized carbons (Fsp3) is 0.543. The first-order valence-electron chi connectivity index (χ1n) is 15.4. The van der Waals surface area contributed by atoms with E-state index in [-0.39, 0.29) is 25.0 Å². The molecule has 0 aromatic carbocycles. The van der Waals surface area contributed by atoms with Crippen LogP contribution in [0.3, 0.4) is 0 Å². The predicted molar refractivity (Wildman–Crippen MR) is 173 cm³/mol. The van der Waals surface area contributed by atoms with Gasteiger partial charge in [0.2, 0.25) is 5.91 Å². The number of carboxylic acids is 1. The summed E-state index contributed by atoms with van der Waals surface area (Å²) in [5.74, 6) is -4.55. The van der Waals surface area contributed by atoms with Crippen molar-refractivity contribution < 1.29 is 44.6 Å². The van der Waals surface area contributed by atoms with Crippen LogP contribution in [0.25, 0.3) is 0 Å². The van der Waals surface area contributed by atoms with Crippen LogP contribution >= 0.6 is 0 Å². The van der Waals surface area contributed by atoms with Gasteiger partial charge in [0.1, 0.15) is 6.10 Å². The Hall–Kier alpha value is -3.12. The van der Waals surface area contributed by atoms with Crippen molar-refractivity contribution in [2.24, 2.45) is 17.3 Å². The number of aliphatic hydroxyl groups is 4. The van der Waals surface area contributed by atoms with E-state index < -0.39 is 59.5 Å². The molecule has 2 rings (SSSR count). The lowest BCUT2D eigenvalue weighted by atomic mass is 9.73. The molecule has 0 spiro atoms. The summed E-state index contributed by atoms with van der Waals surface area (Å²) < 4.78 is 12.0. The van der Waals surface area contributed by atoms with Crippen LogP contribution in [0, 0.1) is 17.3 Å². The van der Waals surface area contributed by atoms with Gasteiger partial charge in [0, 0.05) is 36.8 Å². The average Bonchev–Trinajstić information content (AvgIpc) is 3.35. The van der Waals surface area contributed by atoms with Crippen molar-refractivity contribution in [3.63, 3.8) is 0 Å². The van der Waals surface area contributed by atoms with Crippen LogP contribution in [0.2, 0.25) is 0 Å². The first-order chi connectivity index (χ1) is 21.1.